The molecule has 0 unspecified atom stereocenters. The molecule has 0 spiro atoms. The van der Waals surface area contributed by atoms with Gasteiger partial charge in [0, 0.05) is 29.2 Å². The van der Waals surface area contributed by atoms with Crippen LogP contribution in [-0.2, 0) is 31.5 Å². The molecule has 2 aliphatic rings. The van der Waals surface area contributed by atoms with Crippen LogP contribution in [0.3, 0.4) is 0 Å². The van der Waals surface area contributed by atoms with Gasteiger partial charge in [-0.3, -0.25) is 4.79 Å². The minimum Gasteiger partial charge on any atom is -0.378 e. The number of fused-ring (bicyclic) bond motifs is 1. The first-order valence-electron chi connectivity index (χ1n) is 11.8. The number of nitrogens with one attached hydrogen (secondary N) is 1. The lowest BCUT2D eigenvalue weighted by molar-refractivity contribution is -0.112. The number of thioether (sulfide) groups is 1. The topological polar surface area (TPSA) is 101 Å². The van der Waals surface area contributed by atoms with Gasteiger partial charge in [-0.15, -0.1) is 0 Å². The first kappa shape index (κ1) is 25.7. The maximum absolute atomic E-state index is 13.2. The molecule has 0 radical (unpaired) electrons. The molecule has 1 saturated heterocycles. The highest BCUT2D eigenvalue weighted by Crippen LogP contribution is 2.40. The number of sulfone groups is 1. The van der Waals surface area contributed by atoms with Gasteiger partial charge in [-0.1, -0.05) is 42.4 Å². The number of anilines is 2. The normalized spacial score (nSPS) is 17.0. The summed E-state index contributed by atoms with van der Waals surface area (Å²) in [4.78, 5) is 25.2. The summed E-state index contributed by atoms with van der Waals surface area (Å²) >= 11 is 7.60. The van der Waals surface area contributed by atoms with Gasteiger partial charge in [0.1, 0.15) is 0 Å². The minimum absolute atomic E-state index is 0.132. The number of nitrogens with zero attached hydrogens (tertiary/aromatic N) is 3. The Labute approximate surface area is 225 Å². The van der Waals surface area contributed by atoms with Crippen molar-refractivity contribution >= 4 is 56.8 Å². The predicted molar refractivity (Wildman–Crippen MR) is 146 cm³/mol. The van der Waals surface area contributed by atoms with Crippen LogP contribution in [-0.4, -0.2) is 50.6 Å². The molecule has 0 atom stereocenters. The molecule has 3 aromatic rings. The summed E-state index contributed by atoms with van der Waals surface area (Å²) in [5.41, 5.74) is 2.58. The van der Waals surface area contributed by atoms with Crippen molar-refractivity contribution in [2.24, 2.45) is 0 Å². The van der Waals surface area contributed by atoms with Crippen LogP contribution in [0.15, 0.2) is 63.4 Å². The molecule has 5 rings (SSSR count). The summed E-state index contributed by atoms with van der Waals surface area (Å²) in [5.74, 6) is 0.0666. The monoisotopic (exact) mass is 556 g/mol. The molecule has 2 aromatic carbocycles. The number of hydrogen-bond donors (Lipinski definition) is 1. The van der Waals surface area contributed by atoms with Crippen LogP contribution in [0.25, 0.3) is 6.08 Å². The fourth-order valence-electron chi connectivity index (χ4n) is 4.19. The van der Waals surface area contributed by atoms with Crippen LogP contribution in [0.2, 0.25) is 5.02 Å². The van der Waals surface area contributed by atoms with E-state index in [2.05, 4.69) is 15.3 Å². The fourth-order valence-corrected chi connectivity index (χ4v) is 6.91. The molecule has 8 nitrogen and oxygen atoms in total. The zero-order chi connectivity index (χ0) is 26.0. The smallest absolute Gasteiger partial charge is 0.262 e. The average Bonchev–Trinajstić information content (AvgIpc) is 2.90. The maximum Gasteiger partial charge on any atom is 0.262 e. The van der Waals surface area contributed by atoms with Gasteiger partial charge >= 0.3 is 0 Å². The number of carbonyl (C=O) groups is 1. The Hall–Kier alpha value is -2.92. The average molecular weight is 557 g/mol. The third-order valence-electron chi connectivity index (χ3n) is 6.17. The van der Waals surface area contributed by atoms with E-state index in [9.17, 15) is 13.2 Å². The molecule has 192 valence electrons. The fraction of sp³-hybridized carbons (Fsp3) is 0.269. The highest BCUT2D eigenvalue weighted by molar-refractivity contribution is 8.04. The van der Waals surface area contributed by atoms with Crippen molar-refractivity contribution < 1.29 is 17.9 Å². The van der Waals surface area contributed by atoms with Crippen molar-refractivity contribution in [1.82, 2.24) is 9.97 Å². The summed E-state index contributed by atoms with van der Waals surface area (Å²) in [5, 5.41) is 3.26. The van der Waals surface area contributed by atoms with Crippen molar-refractivity contribution in [3.63, 3.8) is 0 Å². The second kappa shape index (κ2) is 10.8. The van der Waals surface area contributed by atoms with E-state index in [1.807, 2.05) is 24.0 Å². The number of aromatic nitrogens is 2. The second-order valence-corrected chi connectivity index (χ2v) is 12.1. The lowest BCUT2D eigenvalue weighted by Gasteiger charge is -2.26. The van der Waals surface area contributed by atoms with Gasteiger partial charge in [-0.05, 0) is 54.0 Å². The molecule has 0 aliphatic carbocycles. The maximum atomic E-state index is 13.2. The number of carbonyl (C=O) groups excluding carboxylic acids is 1. The van der Waals surface area contributed by atoms with E-state index < -0.39 is 9.84 Å². The molecule has 11 heteroatoms. The van der Waals surface area contributed by atoms with E-state index in [0.29, 0.717) is 65.5 Å². The quantitative estimate of drug-likeness (QED) is 0.440. The van der Waals surface area contributed by atoms with E-state index in [1.54, 1.807) is 36.5 Å². The van der Waals surface area contributed by atoms with E-state index in [0.717, 1.165) is 10.5 Å². The van der Waals surface area contributed by atoms with Crippen molar-refractivity contribution in [2.75, 3.05) is 36.5 Å². The van der Waals surface area contributed by atoms with Gasteiger partial charge in [0.05, 0.1) is 40.1 Å². The Morgan fingerprint density at radius 3 is 2.78 bits per heavy atom. The minimum atomic E-state index is -3.69. The lowest BCUT2D eigenvalue weighted by Crippen LogP contribution is -2.37. The summed E-state index contributed by atoms with van der Waals surface area (Å²) in [6.07, 6.45) is 4.06. The molecule has 0 bridgehead atoms. The van der Waals surface area contributed by atoms with Crippen molar-refractivity contribution in [3.05, 3.63) is 75.4 Å². The van der Waals surface area contributed by atoms with Gasteiger partial charge in [-0.2, -0.15) is 0 Å². The molecule has 3 heterocycles. The Balaban J connectivity index is 1.38. The van der Waals surface area contributed by atoms with Crippen molar-refractivity contribution in [2.45, 2.75) is 28.9 Å². The zero-order valence-corrected chi connectivity index (χ0v) is 22.5. The number of hydrogen-bond acceptors (Lipinski definition) is 8. The third-order valence-corrected chi connectivity index (χ3v) is 9.26. The highest BCUT2D eigenvalue weighted by atomic mass is 35.5. The molecular formula is C26H25ClN4O4S2. The number of aryl methyl sites for hydroxylation is 1. The number of ether oxygens (including phenoxy) is 1. The molecule has 2 aliphatic heterocycles. The van der Waals surface area contributed by atoms with Crippen LogP contribution in [0, 0.1) is 0 Å². The summed E-state index contributed by atoms with van der Waals surface area (Å²) in [7, 11) is -3.69. The largest absolute Gasteiger partial charge is 0.378 e. The van der Waals surface area contributed by atoms with E-state index in [4.69, 9.17) is 16.3 Å². The van der Waals surface area contributed by atoms with Gasteiger partial charge in [0.2, 0.25) is 5.95 Å². The highest BCUT2D eigenvalue weighted by Gasteiger charge is 2.25. The molecule has 1 fully saturated rings. The standard InChI is InChI=1S/C26H25ClN4O4S2/c1-2-17-4-3-5-21(27)20(17)16-37(33,34)19-6-7-23-22(15-19)30-25(32)24(36-23)14-18-8-9-28-26(29-18)31-10-12-35-13-11-31/h3-9,14-15H,2,10-13,16H2,1H3,(H,30,32)/b24-14-. The van der Waals surface area contributed by atoms with Gasteiger partial charge in [0.25, 0.3) is 5.91 Å². The van der Waals surface area contributed by atoms with Crippen molar-refractivity contribution in [1.29, 1.82) is 0 Å². The van der Waals surface area contributed by atoms with Gasteiger partial charge < -0.3 is 15.0 Å². The summed E-state index contributed by atoms with van der Waals surface area (Å²) in [6.45, 7) is 4.64. The lowest BCUT2D eigenvalue weighted by atomic mass is 10.1. The third kappa shape index (κ3) is 5.67. The number of halogens is 1. The Morgan fingerprint density at radius 1 is 1.19 bits per heavy atom. The number of benzene rings is 2. The molecule has 0 saturated carbocycles. The number of amides is 1. The Bertz CT molecular complexity index is 1490. The van der Waals surface area contributed by atoms with Crippen molar-refractivity contribution in [3.8, 4) is 0 Å². The first-order valence-corrected chi connectivity index (χ1v) is 14.7. The molecular weight excluding hydrogens is 532 g/mol. The Morgan fingerprint density at radius 2 is 2.00 bits per heavy atom. The molecule has 37 heavy (non-hydrogen) atoms. The molecule has 1 amide bonds. The first-order chi connectivity index (χ1) is 17.8. The summed E-state index contributed by atoms with van der Waals surface area (Å²) in [6, 6.07) is 11.9. The predicted octanol–water partition coefficient (Wildman–Crippen LogP) is 4.59. The van der Waals surface area contributed by atoms with Crippen LogP contribution < -0.4 is 10.2 Å². The van der Waals surface area contributed by atoms with E-state index in [1.165, 1.54) is 17.8 Å². The van der Waals surface area contributed by atoms with Gasteiger partial charge in [0.15, 0.2) is 9.84 Å². The van der Waals surface area contributed by atoms with E-state index in [-0.39, 0.29) is 16.6 Å². The molecule has 1 aromatic heterocycles. The number of morpholine rings is 1. The van der Waals surface area contributed by atoms with Gasteiger partial charge in [-0.25, -0.2) is 18.4 Å². The second-order valence-electron chi connectivity index (χ2n) is 8.59. The van der Waals surface area contributed by atoms with Crippen LogP contribution >= 0.6 is 23.4 Å². The van der Waals surface area contributed by atoms with Crippen LogP contribution in [0.1, 0.15) is 23.7 Å². The number of rotatable bonds is 6. The van der Waals surface area contributed by atoms with E-state index >= 15 is 0 Å². The summed E-state index contributed by atoms with van der Waals surface area (Å²) < 4.78 is 31.9. The van der Waals surface area contributed by atoms with Crippen LogP contribution in [0.4, 0.5) is 11.6 Å². The zero-order valence-electron chi connectivity index (χ0n) is 20.1. The Kier molecular flexibility index (Phi) is 7.52. The SMILES string of the molecule is CCc1cccc(Cl)c1CS(=O)(=O)c1ccc2c(c1)NC(=O)/C(=C/c1ccnc(N3CCOCC3)n1)S2. The van der Waals surface area contributed by atoms with Crippen LogP contribution in [0.5, 0.6) is 0 Å². The molecule has 1 N–H and O–H groups in total.